The largest absolute Gasteiger partial charge is 0.497 e. The molecule has 3 aliphatic rings. The lowest BCUT2D eigenvalue weighted by Crippen LogP contribution is -2.58. The van der Waals surface area contributed by atoms with E-state index in [1.54, 1.807) is 21.9 Å². The number of nitrogens with zero attached hydrogens (tertiary/aromatic N) is 3. The van der Waals surface area contributed by atoms with Gasteiger partial charge in [0.05, 0.1) is 17.7 Å². The Bertz CT molecular complexity index is 1180. The van der Waals surface area contributed by atoms with Crippen molar-refractivity contribution in [3.8, 4) is 5.75 Å². The molecule has 32 heavy (non-hydrogen) atoms. The fourth-order valence-electron chi connectivity index (χ4n) is 4.56. The van der Waals surface area contributed by atoms with Crippen molar-refractivity contribution >= 4 is 39.3 Å². The fraction of sp³-hybridized carbons (Fsp3) is 0.364. The molecule has 10 heteroatoms. The predicted octanol–water partition coefficient (Wildman–Crippen LogP) is 2.16. The smallest absolute Gasteiger partial charge is 0.259 e. The van der Waals surface area contributed by atoms with Gasteiger partial charge < -0.3 is 9.64 Å². The Morgan fingerprint density at radius 3 is 2.41 bits per heavy atom. The van der Waals surface area contributed by atoms with E-state index >= 15 is 0 Å². The lowest BCUT2D eigenvalue weighted by Gasteiger charge is -2.39. The summed E-state index contributed by atoms with van der Waals surface area (Å²) in [7, 11) is -2.13. The molecule has 168 valence electrons. The minimum Gasteiger partial charge on any atom is -0.497 e. The van der Waals surface area contributed by atoms with Crippen molar-refractivity contribution in [3.05, 3.63) is 48.5 Å². The number of methoxy groups -OCH3 is 1. The maximum absolute atomic E-state index is 13.6. The summed E-state index contributed by atoms with van der Waals surface area (Å²) < 4.78 is 32.5. The number of hydrogen-bond donors (Lipinski definition) is 0. The molecule has 0 radical (unpaired) electrons. The van der Waals surface area contributed by atoms with Crippen LogP contribution in [0.1, 0.15) is 12.8 Å². The van der Waals surface area contributed by atoms with Gasteiger partial charge in [-0.2, -0.15) is 4.31 Å². The van der Waals surface area contributed by atoms with Gasteiger partial charge in [0.15, 0.2) is 4.87 Å². The first-order chi connectivity index (χ1) is 15.4. The summed E-state index contributed by atoms with van der Waals surface area (Å²) in [4.78, 5) is 29.8. The van der Waals surface area contributed by atoms with Crippen LogP contribution in [0.3, 0.4) is 0 Å². The molecule has 5 rings (SSSR count). The van der Waals surface area contributed by atoms with Crippen molar-refractivity contribution in [2.24, 2.45) is 0 Å². The SMILES string of the molecule is COc1ccc(S(=O)(=O)N2CCN(C(=O)C34CCC(=O)N3c3ccccc3S4)CC2)cc1. The first-order valence-corrected chi connectivity index (χ1v) is 12.7. The van der Waals surface area contributed by atoms with E-state index in [2.05, 4.69) is 0 Å². The molecule has 0 N–H and O–H groups in total. The molecule has 1 unspecified atom stereocenters. The first-order valence-electron chi connectivity index (χ1n) is 10.4. The van der Waals surface area contributed by atoms with E-state index in [0.29, 0.717) is 18.6 Å². The molecular formula is C22H23N3O5S2. The van der Waals surface area contributed by atoms with E-state index in [1.807, 2.05) is 24.3 Å². The van der Waals surface area contributed by atoms with Crippen molar-refractivity contribution < 1.29 is 22.7 Å². The summed E-state index contributed by atoms with van der Waals surface area (Å²) in [5.41, 5.74) is 0.786. The number of carbonyl (C=O) groups is 2. The number of ether oxygens (including phenoxy) is 1. The Kier molecular flexibility index (Phi) is 5.18. The molecule has 0 bridgehead atoms. The van der Waals surface area contributed by atoms with Crippen LogP contribution in [0.15, 0.2) is 58.3 Å². The standard InChI is InChI=1S/C22H23N3O5S2/c1-30-16-6-8-17(9-7-16)32(28,29)24-14-12-23(13-15-24)21(27)22-11-10-20(26)25(22)18-4-2-3-5-19(18)31-22/h2-9H,10-15H2,1H3. The Hall–Kier alpha value is -2.56. The Morgan fingerprint density at radius 2 is 1.72 bits per heavy atom. The normalized spacial score (nSPS) is 23.2. The van der Waals surface area contributed by atoms with Crippen molar-refractivity contribution in [2.45, 2.75) is 27.5 Å². The molecule has 0 aromatic heterocycles. The molecule has 2 aromatic rings. The van der Waals surface area contributed by atoms with Crippen molar-refractivity contribution in [2.75, 3.05) is 38.2 Å². The van der Waals surface area contributed by atoms with Crippen LogP contribution >= 0.6 is 11.8 Å². The molecule has 0 saturated carbocycles. The van der Waals surface area contributed by atoms with Crippen LogP contribution in [-0.4, -0.2) is 67.6 Å². The number of amides is 2. The summed E-state index contributed by atoms with van der Waals surface area (Å²) in [5, 5.41) is 0. The summed E-state index contributed by atoms with van der Waals surface area (Å²) in [5.74, 6) is 0.423. The Morgan fingerprint density at radius 1 is 1.03 bits per heavy atom. The van der Waals surface area contributed by atoms with E-state index in [9.17, 15) is 18.0 Å². The molecule has 2 amide bonds. The zero-order valence-corrected chi connectivity index (χ0v) is 19.2. The molecule has 1 atom stereocenters. The molecule has 0 spiro atoms. The van der Waals surface area contributed by atoms with E-state index in [0.717, 1.165) is 10.6 Å². The third-order valence-corrected chi connectivity index (χ3v) is 9.61. The van der Waals surface area contributed by atoms with Gasteiger partial charge in [-0.05, 0) is 42.8 Å². The van der Waals surface area contributed by atoms with E-state index in [-0.39, 0.29) is 42.9 Å². The highest BCUT2D eigenvalue weighted by Gasteiger charge is 2.58. The maximum atomic E-state index is 13.6. The Balaban J connectivity index is 1.32. The molecule has 3 heterocycles. The monoisotopic (exact) mass is 473 g/mol. The first kappa shape index (κ1) is 21.3. The zero-order chi connectivity index (χ0) is 22.5. The molecule has 2 saturated heterocycles. The number of anilines is 1. The fourth-order valence-corrected chi connectivity index (χ4v) is 7.47. The quantitative estimate of drug-likeness (QED) is 0.676. The highest BCUT2D eigenvalue weighted by Crippen LogP contribution is 2.56. The number of fused-ring (bicyclic) bond motifs is 3. The van der Waals surface area contributed by atoms with E-state index < -0.39 is 14.9 Å². The van der Waals surface area contributed by atoms with Gasteiger partial charge in [0, 0.05) is 37.5 Å². The average Bonchev–Trinajstić information content (AvgIpc) is 3.34. The lowest BCUT2D eigenvalue weighted by molar-refractivity contribution is -0.135. The molecule has 0 aliphatic carbocycles. The van der Waals surface area contributed by atoms with Crippen LogP contribution in [0.25, 0.3) is 0 Å². The highest BCUT2D eigenvalue weighted by atomic mass is 32.2. The van der Waals surface area contributed by atoms with Gasteiger partial charge in [0.25, 0.3) is 5.91 Å². The summed E-state index contributed by atoms with van der Waals surface area (Å²) in [6, 6.07) is 13.9. The van der Waals surface area contributed by atoms with Gasteiger partial charge in [0.2, 0.25) is 15.9 Å². The molecular weight excluding hydrogens is 450 g/mol. The summed E-state index contributed by atoms with van der Waals surface area (Å²) in [6.07, 6.45) is 0.785. The maximum Gasteiger partial charge on any atom is 0.259 e. The number of hydrogen-bond acceptors (Lipinski definition) is 6. The average molecular weight is 474 g/mol. The van der Waals surface area contributed by atoms with E-state index in [1.165, 1.54) is 35.3 Å². The van der Waals surface area contributed by atoms with Crippen molar-refractivity contribution in [1.82, 2.24) is 9.21 Å². The number of piperazine rings is 1. The topological polar surface area (TPSA) is 87.2 Å². The minimum absolute atomic E-state index is 0.0449. The lowest BCUT2D eigenvalue weighted by atomic mass is 10.1. The number of benzene rings is 2. The molecule has 8 nitrogen and oxygen atoms in total. The van der Waals surface area contributed by atoms with Gasteiger partial charge >= 0.3 is 0 Å². The number of para-hydroxylation sites is 1. The van der Waals surface area contributed by atoms with Crippen LogP contribution in [-0.2, 0) is 19.6 Å². The van der Waals surface area contributed by atoms with Crippen LogP contribution < -0.4 is 9.64 Å². The second kappa shape index (κ2) is 7.79. The zero-order valence-electron chi connectivity index (χ0n) is 17.6. The number of carbonyl (C=O) groups excluding carboxylic acids is 2. The highest BCUT2D eigenvalue weighted by molar-refractivity contribution is 8.02. The molecule has 2 fully saturated rings. The van der Waals surface area contributed by atoms with Gasteiger partial charge in [-0.25, -0.2) is 8.42 Å². The third-order valence-electron chi connectivity index (χ3n) is 6.23. The van der Waals surface area contributed by atoms with Crippen LogP contribution in [0.5, 0.6) is 5.75 Å². The minimum atomic E-state index is -3.66. The van der Waals surface area contributed by atoms with Crippen molar-refractivity contribution in [3.63, 3.8) is 0 Å². The molecule has 3 aliphatic heterocycles. The van der Waals surface area contributed by atoms with Crippen LogP contribution in [0.2, 0.25) is 0 Å². The predicted molar refractivity (Wildman–Crippen MR) is 120 cm³/mol. The second-order valence-corrected chi connectivity index (χ2v) is 11.2. The van der Waals surface area contributed by atoms with Crippen LogP contribution in [0.4, 0.5) is 5.69 Å². The van der Waals surface area contributed by atoms with Crippen LogP contribution in [0, 0.1) is 0 Å². The van der Waals surface area contributed by atoms with Gasteiger partial charge in [0.1, 0.15) is 5.75 Å². The molecule has 2 aromatic carbocycles. The second-order valence-electron chi connectivity index (χ2n) is 7.96. The summed E-state index contributed by atoms with van der Waals surface area (Å²) >= 11 is 1.44. The Labute approximate surface area is 191 Å². The van der Waals surface area contributed by atoms with Gasteiger partial charge in [-0.3, -0.25) is 14.5 Å². The van der Waals surface area contributed by atoms with Crippen molar-refractivity contribution in [1.29, 1.82) is 0 Å². The van der Waals surface area contributed by atoms with E-state index in [4.69, 9.17) is 4.74 Å². The number of thioether (sulfide) groups is 1. The third kappa shape index (κ3) is 3.20. The van der Waals surface area contributed by atoms with Gasteiger partial charge in [-0.1, -0.05) is 23.9 Å². The number of sulfonamides is 1. The number of rotatable bonds is 4. The summed E-state index contributed by atoms with van der Waals surface area (Å²) in [6.45, 7) is 0.993. The van der Waals surface area contributed by atoms with Gasteiger partial charge in [-0.15, -0.1) is 0 Å².